The van der Waals surface area contributed by atoms with E-state index in [-0.39, 0.29) is 0 Å². The van der Waals surface area contributed by atoms with Gasteiger partial charge in [0.25, 0.3) is 0 Å². The van der Waals surface area contributed by atoms with Gasteiger partial charge in [0.2, 0.25) is 0 Å². The smallest absolute Gasteiger partial charge is 0.0455 e. The first-order chi connectivity index (χ1) is 12.3. The van der Waals surface area contributed by atoms with Crippen LogP contribution in [0.3, 0.4) is 0 Å². The zero-order valence-electron chi connectivity index (χ0n) is 16.1. The minimum absolute atomic E-state index is 0.855. The molecule has 0 N–H and O–H groups in total. The highest BCUT2D eigenvalue weighted by Crippen LogP contribution is 2.29. The molecule has 0 fully saturated rings. The highest BCUT2D eigenvalue weighted by molar-refractivity contribution is 6.39. The molecule has 0 amide bonds. The van der Waals surface area contributed by atoms with Crippen molar-refractivity contribution in [2.45, 2.75) is 76.3 Å². The Morgan fingerprint density at radius 3 is 1.40 bits per heavy atom. The van der Waals surface area contributed by atoms with E-state index in [1.165, 1.54) is 62.5 Å². The Morgan fingerprint density at radius 1 is 0.640 bits per heavy atom. The lowest BCUT2D eigenvalue weighted by molar-refractivity contribution is 0.620. The summed E-state index contributed by atoms with van der Waals surface area (Å²) in [5, 5.41) is 0. The van der Waals surface area contributed by atoms with Gasteiger partial charge in [-0.1, -0.05) is 113 Å². The second-order valence-electron chi connectivity index (χ2n) is 7.22. The Kier molecular flexibility index (Phi) is 9.65. The molecule has 0 aliphatic carbocycles. The number of benzene rings is 2. The number of hydrogen-bond acceptors (Lipinski definition) is 0. The summed E-state index contributed by atoms with van der Waals surface area (Å²) >= 11 is 0. The van der Waals surface area contributed by atoms with Crippen LogP contribution in [0.4, 0.5) is 0 Å². The van der Waals surface area contributed by atoms with E-state index in [4.69, 9.17) is 0 Å². The number of unbranched alkanes of at least 4 members (excludes halogenated alkanes) is 2. The quantitative estimate of drug-likeness (QED) is 0.357. The fraction of sp³-hybridized carbons (Fsp3) is 0.500. The lowest BCUT2D eigenvalue weighted by atomic mass is 10.0. The summed E-state index contributed by atoms with van der Waals surface area (Å²) in [6.07, 6.45) is 10.7. The molecule has 1 heteroatoms. The highest BCUT2D eigenvalue weighted by atomic mass is 28.2. The van der Waals surface area contributed by atoms with Crippen LogP contribution in [-0.4, -0.2) is 9.52 Å². The second kappa shape index (κ2) is 12.1. The Hall–Kier alpha value is -1.34. The Morgan fingerprint density at radius 2 is 1.04 bits per heavy atom. The van der Waals surface area contributed by atoms with Gasteiger partial charge in [-0.2, -0.15) is 0 Å². The molecule has 25 heavy (non-hydrogen) atoms. The maximum Gasteiger partial charge on any atom is 0.0455 e. The van der Waals surface area contributed by atoms with Crippen LogP contribution in [0.2, 0.25) is 11.1 Å². The van der Waals surface area contributed by atoms with Crippen LogP contribution < -0.4 is 0 Å². The predicted octanol–water partition coefficient (Wildman–Crippen LogP) is 7.13. The first kappa shape index (κ1) is 20.0. The maximum absolute atomic E-state index is 2.32. The first-order valence-corrected chi connectivity index (χ1v) is 11.3. The van der Waals surface area contributed by atoms with E-state index < -0.39 is 0 Å². The summed E-state index contributed by atoms with van der Waals surface area (Å²) < 4.78 is 0. The van der Waals surface area contributed by atoms with Crippen molar-refractivity contribution in [3.05, 3.63) is 71.8 Å². The third kappa shape index (κ3) is 8.05. The van der Waals surface area contributed by atoms with E-state index in [1.807, 2.05) is 0 Å². The molecule has 0 nitrogen and oxygen atoms in total. The second-order valence-corrected chi connectivity index (χ2v) is 9.19. The molecule has 2 atom stereocenters. The van der Waals surface area contributed by atoms with E-state index in [9.17, 15) is 0 Å². The largest absolute Gasteiger partial charge is 0.0654 e. The molecular formula is C24H34Si. The molecule has 2 radical (unpaired) electrons. The van der Waals surface area contributed by atoms with Crippen LogP contribution in [-0.2, 0) is 12.8 Å². The molecular weight excluding hydrogens is 316 g/mol. The van der Waals surface area contributed by atoms with Gasteiger partial charge >= 0.3 is 0 Å². The van der Waals surface area contributed by atoms with E-state index in [0.717, 1.165) is 20.6 Å². The van der Waals surface area contributed by atoms with Gasteiger partial charge in [0.1, 0.15) is 0 Å². The number of rotatable bonds is 12. The molecule has 0 bridgehead atoms. The van der Waals surface area contributed by atoms with Crippen molar-refractivity contribution in [3.63, 3.8) is 0 Å². The summed E-state index contributed by atoms with van der Waals surface area (Å²) in [5.41, 5.74) is 4.75. The molecule has 134 valence electrons. The highest BCUT2D eigenvalue weighted by Gasteiger charge is 2.18. The SMILES string of the molecule is CCCCC(Cc1ccccc1)[Si]C(CCCC)Cc1ccccc1. The molecule has 0 heterocycles. The van der Waals surface area contributed by atoms with Crippen molar-refractivity contribution in [3.8, 4) is 0 Å². The van der Waals surface area contributed by atoms with Gasteiger partial charge in [-0.3, -0.25) is 0 Å². The van der Waals surface area contributed by atoms with Crippen molar-refractivity contribution in [2.24, 2.45) is 0 Å². The van der Waals surface area contributed by atoms with Gasteiger partial charge in [0.05, 0.1) is 0 Å². The van der Waals surface area contributed by atoms with Crippen LogP contribution in [0.1, 0.15) is 63.5 Å². The van der Waals surface area contributed by atoms with Crippen LogP contribution in [0.15, 0.2) is 60.7 Å². The topological polar surface area (TPSA) is 0 Å². The normalized spacial score (nSPS) is 13.5. The van der Waals surface area contributed by atoms with Gasteiger partial charge in [-0.25, -0.2) is 0 Å². The van der Waals surface area contributed by atoms with Crippen molar-refractivity contribution < 1.29 is 0 Å². The third-order valence-electron chi connectivity index (χ3n) is 4.93. The molecule has 2 aromatic carbocycles. The summed E-state index contributed by atoms with van der Waals surface area (Å²) in [7, 11) is 1.09. The molecule has 2 unspecified atom stereocenters. The summed E-state index contributed by atoms with van der Waals surface area (Å²) in [6, 6.07) is 22.2. The van der Waals surface area contributed by atoms with E-state index in [1.54, 1.807) is 0 Å². The average Bonchev–Trinajstić information content (AvgIpc) is 2.66. The van der Waals surface area contributed by atoms with Crippen LogP contribution >= 0.6 is 0 Å². The molecule has 2 aromatic rings. The van der Waals surface area contributed by atoms with Crippen LogP contribution in [0.5, 0.6) is 0 Å². The van der Waals surface area contributed by atoms with Crippen molar-refractivity contribution >= 4 is 9.52 Å². The lowest BCUT2D eigenvalue weighted by Crippen LogP contribution is -2.16. The van der Waals surface area contributed by atoms with Gasteiger partial charge < -0.3 is 0 Å². The molecule has 0 aromatic heterocycles. The Labute approximate surface area is 157 Å². The molecule has 0 aliphatic heterocycles. The monoisotopic (exact) mass is 350 g/mol. The van der Waals surface area contributed by atoms with Crippen LogP contribution in [0, 0.1) is 0 Å². The van der Waals surface area contributed by atoms with Gasteiger partial charge in [-0.15, -0.1) is 0 Å². The minimum atomic E-state index is 0.855. The van der Waals surface area contributed by atoms with Crippen molar-refractivity contribution in [2.75, 3.05) is 0 Å². The molecule has 0 saturated carbocycles. The number of hydrogen-bond donors (Lipinski definition) is 0. The van der Waals surface area contributed by atoms with Gasteiger partial charge in [-0.05, 0) is 35.1 Å². The lowest BCUT2D eigenvalue weighted by Gasteiger charge is -2.23. The maximum atomic E-state index is 2.32. The molecule has 0 spiro atoms. The minimum Gasteiger partial charge on any atom is -0.0654 e. The molecule has 0 saturated heterocycles. The van der Waals surface area contributed by atoms with Crippen molar-refractivity contribution in [1.29, 1.82) is 0 Å². The molecule has 0 aliphatic rings. The van der Waals surface area contributed by atoms with E-state index in [0.29, 0.717) is 0 Å². The van der Waals surface area contributed by atoms with Gasteiger partial charge in [0, 0.05) is 9.52 Å². The van der Waals surface area contributed by atoms with E-state index in [2.05, 4.69) is 74.5 Å². The molecule has 2 rings (SSSR count). The zero-order valence-corrected chi connectivity index (χ0v) is 17.1. The average molecular weight is 351 g/mol. The fourth-order valence-corrected chi connectivity index (χ4v) is 5.64. The third-order valence-corrected chi connectivity index (χ3v) is 6.86. The predicted molar refractivity (Wildman–Crippen MR) is 113 cm³/mol. The summed E-state index contributed by atoms with van der Waals surface area (Å²) in [6.45, 7) is 4.64. The summed E-state index contributed by atoms with van der Waals surface area (Å²) in [4.78, 5) is 0. The first-order valence-electron chi connectivity index (χ1n) is 10.2. The fourth-order valence-electron chi connectivity index (χ4n) is 3.52. The van der Waals surface area contributed by atoms with Crippen LogP contribution in [0.25, 0.3) is 0 Å². The van der Waals surface area contributed by atoms with E-state index >= 15 is 0 Å². The van der Waals surface area contributed by atoms with Crippen molar-refractivity contribution in [1.82, 2.24) is 0 Å². The Bertz CT molecular complexity index is 497. The zero-order chi connectivity index (χ0) is 17.7. The summed E-state index contributed by atoms with van der Waals surface area (Å²) in [5.74, 6) is 0. The Balaban J connectivity index is 2.01. The standard InChI is InChI=1S/C24H34Si/c1-3-5-17-23(19-21-13-9-7-10-14-21)25-24(18-6-4-2)20-22-15-11-8-12-16-22/h7-16,23-24H,3-6,17-20H2,1-2H3. The van der Waals surface area contributed by atoms with Gasteiger partial charge in [0.15, 0.2) is 0 Å².